The molecule has 0 aliphatic heterocycles. The highest BCUT2D eigenvalue weighted by molar-refractivity contribution is 5.43. The van der Waals surface area contributed by atoms with Crippen molar-refractivity contribution in [3.63, 3.8) is 0 Å². The van der Waals surface area contributed by atoms with Crippen LogP contribution in [0.3, 0.4) is 0 Å². The highest BCUT2D eigenvalue weighted by Gasteiger charge is 2.07. The molecule has 0 unspecified atom stereocenters. The van der Waals surface area contributed by atoms with Gasteiger partial charge < -0.3 is 4.74 Å². The Morgan fingerprint density at radius 2 is 2.31 bits per heavy atom. The lowest BCUT2D eigenvalue weighted by Crippen LogP contribution is -1.97. The van der Waals surface area contributed by atoms with Crippen LogP contribution in [-0.2, 0) is 0 Å². The van der Waals surface area contributed by atoms with Gasteiger partial charge in [0.05, 0.1) is 0 Å². The second-order valence-electron chi connectivity index (χ2n) is 2.22. The zero-order valence-corrected chi connectivity index (χ0v) is 6.75. The molecule has 0 fully saturated rings. The van der Waals surface area contributed by atoms with Gasteiger partial charge in [0.25, 0.3) is 0 Å². The summed E-state index contributed by atoms with van der Waals surface area (Å²) >= 11 is 0. The molecule has 1 aromatic carbocycles. The molecule has 0 radical (unpaired) electrons. The zero-order valence-electron chi connectivity index (χ0n) is 6.75. The summed E-state index contributed by atoms with van der Waals surface area (Å²) in [6.45, 7) is 0.0259. The van der Waals surface area contributed by atoms with E-state index in [9.17, 15) is 4.39 Å². The van der Waals surface area contributed by atoms with Crippen LogP contribution in [0.5, 0.6) is 5.75 Å². The highest BCUT2D eigenvalue weighted by Crippen LogP contribution is 2.19. The molecule has 13 heavy (non-hydrogen) atoms. The maximum atomic E-state index is 12.9. The summed E-state index contributed by atoms with van der Waals surface area (Å²) in [6, 6.07) is 5.86. The van der Waals surface area contributed by atoms with Gasteiger partial charge in [-0.1, -0.05) is 12.0 Å². The smallest absolute Gasteiger partial charge is 0.148 e. The predicted octanol–water partition coefficient (Wildman–Crippen LogP) is 1.71. The van der Waals surface area contributed by atoms with Gasteiger partial charge in [-0.05, 0) is 12.1 Å². The van der Waals surface area contributed by atoms with E-state index >= 15 is 0 Å². The molecular weight excluding hydrogens is 169 g/mol. The average molecular weight is 175 g/mol. The standard InChI is InChI=1S/C10H6FNO/c1-2-6-13-10-5-3-4-9(11)8(10)7-12/h1,3-5H,6H2. The van der Waals surface area contributed by atoms with Gasteiger partial charge in [0, 0.05) is 0 Å². The molecule has 0 aromatic heterocycles. The molecule has 0 amide bonds. The summed E-state index contributed by atoms with van der Waals surface area (Å²) in [5, 5.41) is 8.58. The van der Waals surface area contributed by atoms with E-state index in [-0.39, 0.29) is 17.9 Å². The fraction of sp³-hybridized carbons (Fsp3) is 0.100. The van der Waals surface area contributed by atoms with E-state index in [1.807, 2.05) is 0 Å². The molecule has 0 heterocycles. The van der Waals surface area contributed by atoms with E-state index in [2.05, 4.69) is 5.92 Å². The molecule has 0 saturated carbocycles. The van der Waals surface area contributed by atoms with Crippen molar-refractivity contribution in [1.82, 2.24) is 0 Å². The highest BCUT2D eigenvalue weighted by atomic mass is 19.1. The van der Waals surface area contributed by atoms with Crippen molar-refractivity contribution in [1.29, 1.82) is 5.26 Å². The number of benzene rings is 1. The van der Waals surface area contributed by atoms with Gasteiger partial charge in [0.1, 0.15) is 29.8 Å². The first-order chi connectivity index (χ1) is 6.29. The van der Waals surface area contributed by atoms with Crippen molar-refractivity contribution in [3.05, 3.63) is 29.6 Å². The minimum atomic E-state index is -0.600. The first kappa shape index (κ1) is 9.09. The largest absolute Gasteiger partial charge is 0.479 e. The van der Waals surface area contributed by atoms with Crippen LogP contribution in [0.15, 0.2) is 18.2 Å². The Hall–Kier alpha value is -2.00. The van der Waals surface area contributed by atoms with E-state index in [0.29, 0.717) is 0 Å². The molecule has 0 bridgehead atoms. The molecule has 1 rings (SSSR count). The van der Waals surface area contributed by atoms with Gasteiger partial charge in [-0.2, -0.15) is 5.26 Å². The van der Waals surface area contributed by atoms with Gasteiger partial charge in [0.2, 0.25) is 0 Å². The molecule has 3 heteroatoms. The summed E-state index contributed by atoms with van der Waals surface area (Å²) < 4.78 is 17.9. The lowest BCUT2D eigenvalue weighted by Gasteiger charge is -2.03. The number of hydrogen-bond acceptors (Lipinski definition) is 2. The minimum absolute atomic E-state index is 0.0259. The molecule has 0 spiro atoms. The first-order valence-corrected chi connectivity index (χ1v) is 3.54. The fourth-order valence-electron chi connectivity index (χ4n) is 0.853. The van der Waals surface area contributed by atoms with Gasteiger partial charge in [-0.3, -0.25) is 0 Å². The summed E-state index contributed by atoms with van der Waals surface area (Å²) in [5.41, 5.74) is -0.113. The number of terminal acetylenes is 1. The fourth-order valence-corrected chi connectivity index (χ4v) is 0.853. The van der Waals surface area contributed by atoms with Crippen LogP contribution in [0.25, 0.3) is 0 Å². The van der Waals surface area contributed by atoms with E-state index in [4.69, 9.17) is 16.4 Å². The second kappa shape index (κ2) is 4.13. The number of nitriles is 1. The number of ether oxygens (including phenoxy) is 1. The van der Waals surface area contributed by atoms with Crippen molar-refractivity contribution in [2.24, 2.45) is 0 Å². The maximum absolute atomic E-state index is 12.9. The molecule has 2 nitrogen and oxygen atoms in total. The number of nitrogens with zero attached hydrogens (tertiary/aromatic N) is 1. The van der Waals surface area contributed by atoms with Crippen molar-refractivity contribution in [2.45, 2.75) is 0 Å². The van der Waals surface area contributed by atoms with Crippen LogP contribution in [0, 0.1) is 29.5 Å². The van der Waals surface area contributed by atoms with Crippen LogP contribution in [-0.4, -0.2) is 6.61 Å². The molecular formula is C10H6FNO. The predicted molar refractivity (Wildman–Crippen MR) is 45.4 cm³/mol. The van der Waals surface area contributed by atoms with Crippen LogP contribution >= 0.6 is 0 Å². The summed E-state index contributed by atoms with van der Waals surface area (Å²) in [4.78, 5) is 0. The number of hydrogen-bond donors (Lipinski definition) is 0. The maximum Gasteiger partial charge on any atom is 0.148 e. The third kappa shape index (κ3) is 1.98. The third-order valence-electron chi connectivity index (χ3n) is 1.40. The van der Waals surface area contributed by atoms with E-state index in [0.717, 1.165) is 0 Å². The topological polar surface area (TPSA) is 33.0 Å². The van der Waals surface area contributed by atoms with E-state index < -0.39 is 5.82 Å². The summed E-state index contributed by atoms with van der Waals surface area (Å²) in [6.07, 6.45) is 4.95. The lowest BCUT2D eigenvalue weighted by molar-refractivity contribution is 0.366. The monoisotopic (exact) mass is 175 g/mol. The molecule has 0 aliphatic rings. The zero-order chi connectivity index (χ0) is 9.68. The van der Waals surface area contributed by atoms with Gasteiger partial charge >= 0.3 is 0 Å². The SMILES string of the molecule is C#CCOc1cccc(F)c1C#N. The van der Waals surface area contributed by atoms with Crippen LogP contribution in [0.4, 0.5) is 4.39 Å². The van der Waals surface area contributed by atoms with Crippen LogP contribution < -0.4 is 4.74 Å². The number of rotatable bonds is 2. The first-order valence-electron chi connectivity index (χ1n) is 3.54. The molecule has 1 aromatic rings. The Labute approximate surface area is 75.6 Å². The quantitative estimate of drug-likeness (QED) is 0.641. The Bertz CT molecular complexity index is 387. The second-order valence-corrected chi connectivity index (χ2v) is 2.22. The Balaban J connectivity index is 3.02. The van der Waals surface area contributed by atoms with Crippen molar-refractivity contribution >= 4 is 0 Å². The Kier molecular flexibility index (Phi) is 2.89. The van der Waals surface area contributed by atoms with Gasteiger partial charge in [0.15, 0.2) is 0 Å². The van der Waals surface area contributed by atoms with Crippen LogP contribution in [0.2, 0.25) is 0 Å². The van der Waals surface area contributed by atoms with Crippen molar-refractivity contribution in [3.8, 4) is 24.2 Å². The Morgan fingerprint density at radius 3 is 2.92 bits per heavy atom. The lowest BCUT2D eigenvalue weighted by atomic mass is 10.2. The van der Waals surface area contributed by atoms with Crippen LogP contribution in [0.1, 0.15) is 5.56 Å². The summed E-state index contributed by atoms with van der Waals surface area (Å²) in [5.74, 6) is 1.81. The molecule has 0 N–H and O–H groups in total. The van der Waals surface area contributed by atoms with E-state index in [1.165, 1.54) is 18.2 Å². The third-order valence-corrected chi connectivity index (χ3v) is 1.40. The van der Waals surface area contributed by atoms with E-state index in [1.54, 1.807) is 6.07 Å². The molecule has 0 saturated heterocycles. The Morgan fingerprint density at radius 1 is 1.54 bits per heavy atom. The van der Waals surface area contributed by atoms with Crippen molar-refractivity contribution in [2.75, 3.05) is 6.61 Å². The normalized spacial score (nSPS) is 8.54. The van der Waals surface area contributed by atoms with Crippen molar-refractivity contribution < 1.29 is 9.13 Å². The summed E-state index contributed by atoms with van der Waals surface area (Å²) in [7, 11) is 0. The minimum Gasteiger partial charge on any atom is -0.479 e. The average Bonchev–Trinajstić information content (AvgIpc) is 2.15. The molecule has 0 aliphatic carbocycles. The number of halogens is 1. The van der Waals surface area contributed by atoms with Gasteiger partial charge in [-0.15, -0.1) is 6.42 Å². The molecule has 0 atom stereocenters. The molecule has 64 valence electrons. The van der Waals surface area contributed by atoms with Gasteiger partial charge in [-0.25, -0.2) is 4.39 Å².